The van der Waals surface area contributed by atoms with Crippen molar-refractivity contribution in [3.05, 3.63) is 0 Å². The highest BCUT2D eigenvalue weighted by Gasteiger charge is 2.43. The van der Waals surface area contributed by atoms with Gasteiger partial charge in [-0.25, -0.2) is 8.42 Å². The molecule has 1 amide bonds. The van der Waals surface area contributed by atoms with Gasteiger partial charge < -0.3 is 4.90 Å². The first-order valence-corrected chi connectivity index (χ1v) is 10.8. The molecule has 5 atom stereocenters. The van der Waals surface area contributed by atoms with Gasteiger partial charge in [0.15, 0.2) is 9.84 Å². The summed E-state index contributed by atoms with van der Waals surface area (Å²) in [5.74, 6) is 2.86. The molecule has 2 aliphatic heterocycles. The Morgan fingerprint density at radius 1 is 1.09 bits per heavy atom. The second-order valence-electron chi connectivity index (χ2n) is 8.10. The van der Waals surface area contributed by atoms with Gasteiger partial charge in [0.2, 0.25) is 5.91 Å². The summed E-state index contributed by atoms with van der Waals surface area (Å²) in [5.41, 5.74) is 0. The molecule has 5 heteroatoms. The van der Waals surface area contributed by atoms with Crippen LogP contribution in [0.15, 0.2) is 0 Å². The van der Waals surface area contributed by atoms with Gasteiger partial charge in [0.25, 0.3) is 0 Å². The van der Waals surface area contributed by atoms with E-state index in [1.165, 1.54) is 32.1 Å². The van der Waals surface area contributed by atoms with Gasteiger partial charge in [-0.3, -0.25) is 4.79 Å². The minimum atomic E-state index is -2.96. The molecule has 0 unspecified atom stereocenters. The number of hydrogen-bond donors (Lipinski definition) is 0. The van der Waals surface area contributed by atoms with E-state index in [9.17, 15) is 13.2 Å². The van der Waals surface area contributed by atoms with Crippen LogP contribution in [0.4, 0.5) is 0 Å². The molecule has 0 spiro atoms. The molecule has 2 aliphatic carbocycles. The summed E-state index contributed by atoms with van der Waals surface area (Å²) >= 11 is 0. The zero-order valence-electron chi connectivity index (χ0n) is 13.2. The number of likely N-dealkylation sites (tertiary alicyclic amines) is 1. The summed E-state index contributed by atoms with van der Waals surface area (Å²) < 4.78 is 23.3. The van der Waals surface area contributed by atoms with Crippen LogP contribution in [0, 0.1) is 23.7 Å². The largest absolute Gasteiger partial charge is 0.339 e. The van der Waals surface area contributed by atoms with Crippen LogP contribution in [0.25, 0.3) is 0 Å². The maximum Gasteiger partial charge on any atom is 0.226 e. The summed E-state index contributed by atoms with van der Waals surface area (Å²) in [6, 6.07) is 0.389. The third-order valence-corrected chi connectivity index (χ3v) is 8.47. The lowest BCUT2D eigenvalue weighted by Gasteiger charge is -2.31. The number of fused-ring (bicyclic) bond motifs is 2. The fourth-order valence-corrected chi connectivity index (χ4v) is 7.34. The van der Waals surface area contributed by atoms with Crippen LogP contribution >= 0.6 is 0 Å². The average Bonchev–Trinajstić information content (AvgIpc) is 3.21. The Hall–Kier alpha value is -0.580. The fourth-order valence-electron chi connectivity index (χ4n) is 5.61. The minimum absolute atomic E-state index is 0.0865. The number of hydrogen-bond acceptors (Lipinski definition) is 3. The van der Waals surface area contributed by atoms with Crippen molar-refractivity contribution in [2.24, 2.45) is 23.7 Å². The smallest absolute Gasteiger partial charge is 0.226 e. The predicted octanol–water partition coefficient (Wildman–Crippen LogP) is 2.24. The maximum atomic E-state index is 12.7. The molecule has 2 bridgehead atoms. The first-order valence-electron chi connectivity index (χ1n) is 9.03. The van der Waals surface area contributed by atoms with Crippen LogP contribution in [0.1, 0.15) is 51.4 Å². The lowest BCUT2D eigenvalue weighted by molar-refractivity contribution is -0.135. The summed E-state index contributed by atoms with van der Waals surface area (Å²) in [6.07, 6.45) is 9.55. The Morgan fingerprint density at radius 3 is 2.59 bits per heavy atom. The van der Waals surface area contributed by atoms with E-state index in [0.29, 0.717) is 12.5 Å². The Morgan fingerprint density at radius 2 is 1.95 bits per heavy atom. The highest BCUT2D eigenvalue weighted by atomic mass is 32.2. The summed E-state index contributed by atoms with van der Waals surface area (Å²) in [7, 11) is -2.96. The van der Waals surface area contributed by atoms with E-state index in [1.54, 1.807) is 0 Å². The third-order valence-electron chi connectivity index (χ3n) is 6.70. The molecule has 4 nitrogen and oxygen atoms in total. The SMILES string of the molecule is O=C([C@@H]1CCS(=O)(=O)C1)N1CCC[C@H]1C[C@H]1C[C@H]2CC[C@H]1C2. The lowest BCUT2D eigenvalue weighted by atomic mass is 9.83. The fraction of sp³-hybridized carbons (Fsp3) is 0.941. The number of rotatable bonds is 3. The van der Waals surface area contributed by atoms with Crippen molar-refractivity contribution in [1.82, 2.24) is 4.90 Å². The first-order chi connectivity index (χ1) is 10.5. The van der Waals surface area contributed by atoms with Gasteiger partial charge in [-0.15, -0.1) is 0 Å². The standard InChI is InChI=1S/C17H27NO3S/c19-17(14-5-7-22(20,21)11-14)18-6-1-2-16(18)10-15-9-12-3-4-13(15)8-12/h12-16H,1-11H2/t12-,13-,14+,15+,16-/m0/s1. The Kier molecular flexibility index (Phi) is 3.74. The molecule has 124 valence electrons. The number of amides is 1. The molecule has 0 radical (unpaired) electrons. The zero-order valence-corrected chi connectivity index (χ0v) is 14.1. The second kappa shape index (κ2) is 5.50. The van der Waals surface area contributed by atoms with Gasteiger partial charge in [0, 0.05) is 12.6 Å². The molecular formula is C17H27NO3S. The van der Waals surface area contributed by atoms with Crippen LogP contribution in [0.2, 0.25) is 0 Å². The molecule has 22 heavy (non-hydrogen) atoms. The topological polar surface area (TPSA) is 54.5 Å². The van der Waals surface area contributed by atoms with Crippen molar-refractivity contribution < 1.29 is 13.2 Å². The molecule has 4 aliphatic rings. The third kappa shape index (κ3) is 2.70. The van der Waals surface area contributed by atoms with Crippen molar-refractivity contribution in [2.45, 2.75) is 57.4 Å². The van der Waals surface area contributed by atoms with E-state index in [0.717, 1.165) is 37.1 Å². The van der Waals surface area contributed by atoms with Gasteiger partial charge in [0.05, 0.1) is 17.4 Å². The van der Waals surface area contributed by atoms with E-state index in [-0.39, 0.29) is 23.3 Å². The molecule has 0 aromatic carbocycles. The normalized spacial score (nSPS) is 43.1. The van der Waals surface area contributed by atoms with Crippen LogP contribution in [-0.4, -0.2) is 43.3 Å². The minimum Gasteiger partial charge on any atom is -0.339 e. The zero-order chi connectivity index (χ0) is 15.3. The average molecular weight is 325 g/mol. The Balaban J connectivity index is 1.39. The summed E-state index contributed by atoms with van der Waals surface area (Å²) in [5, 5.41) is 0. The van der Waals surface area contributed by atoms with Gasteiger partial charge in [-0.05, 0) is 62.7 Å². The molecular weight excluding hydrogens is 298 g/mol. The highest BCUT2D eigenvalue weighted by Crippen LogP contribution is 2.50. The van der Waals surface area contributed by atoms with E-state index < -0.39 is 9.84 Å². The van der Waals surface area contributed by atoms with Gasteiger partial charge in [-0.1, -0.05) is 6.42 Å². The molecule has 2 heterocycles. The Labute approximate surface area is 133 Å². The second-order valence-corrected chi connectivity index (χ2v) is 10.3. The van der Waals surface area contributed by atoms with Crippen LogP contribution in [-0.2, 0) is 14.6 Å². The first kappa shape index (κ1) is 15.0. The monoisotopic (exact) mass is 325 g/mol. The van der Waals surface area contributed by atoms with Gasteiger partial charge >= 0.3 is 0 Å². The van der Waals surface area contributed by atoms with Crippen molar-refractivity contribution in [1.29, 1.82) is 0 Å². The molecule has 2 saturated carbocycles. The Bertz CT molecular complexity index is 558. The quantitative estimate of drug-likeness (QED) is 0.799. The van der Waals surface area contributed by atoms with Crippen molar-refractivity contribution in [3.8, 4) is 0 Å². The van der Waals surface area contributed by atoms with E-state index in [4.69, 9.17) is 0 Å². The number of carbonyl (C=O) groups excluding carboxylic acids is 1. The van der Waals surface area contributed by atoms with Gasteiger partial charge in [0.1, 0.15) is 0 Å². The molecule has 0 aromatic heterocycles. The van der Waals surface area contributed by atoms with Gasteiger partial charge in [-0.2, -0.15) is 0 Å². The molecule has 4 fully saturated rings. The lowest BCUT2D eigenvalue weighted by Crippen LogP contribution is -2.41. The van der Waals surface area contributed by atoms with Crippen LogP contribution < -0.4 is 0 Å². The molecule has 4 rings (SSSR count). The van der Waals surface area contributed by atoms with E-state index in [1.807, 2.05) is 0 Å². The predicted molar refractivity (Wildman–Crippen MR) is 85.1 cm³/mol. The highest BCUT2D eigenvalue weighted by molar-refractivity contribution is 7.91. The van der Waals surface area contributed by atoms with Crippen molar-refractivity contribution >= 4 is 15.7 Å². The maximum absolute atomic E-state index is 12.7. The summed E-state index contributed by atoms with van der Waals surface area (Å²) in [6.45, 7) is 0.848. The number of carbonyl (C=O) groups is 1. The summed E-state index contributed by atoms with van der Waals surface area (Å²) in [4.78, 5) is 14.8. The van der Waals surface area contributed by atoms with E-state index in [2.05, 4.69) is 4.90 Å². The van der Waals surface area contributed by atoms with Crippen LogP contribution in [0.3, 0.4) is 0 Å². The van der Waals surface area contributed by atoms with Crippen molar-refractivity contribution in [2.75, 3.05) is 18.1 Å². The van der Waals surface area contributed by atoms with Crippen LogP contribution in [0.5, 0.6) is 0 Å². The molecule has 0 N–H and O–H groups in total. The number of nitrogens with zero attached hydrogens (tertiary/aromatic N) is 1. The van der Waals surface area contributed by atoms with Crippen molar-refractivity contribution in [3.63, 3.8) is 0 Å². The van der Waals surface area contributed by atoms with E-state index >= 15 is 0 Å². The molecule has 0 aromatic rings. The number of sulfone groups is 1. The molecule has 2 saturated heterocycles.